The second-order valence-electron chi connectivity index (χ2n) is 2.49. The summed E-state index contributed by atoms with van der Waals surface area (Å²) in [6.07, 6.45) is 2.17. The van der Waals surface area contributed by atoms with Crippen LogP contribution in [-0.4, -0.2) is 6.29 Å². The number of carbonyl (C=O) groups is 1. The van der Waals surface area contributed by atoms with Gasteiger partial charge in [0.05, 0.1) is 0 Å². The van der Waals surface area contributed by atoms with Crippen LogP contribution in [0.25, 0.3) is 5.57 Å². The molecule has 0 aromatic heterocycles. The van der Waals surface area contributed by atoms with Gasteiger partial charge in [0.1, 0.15) is 12.1 Å². The van der Waals surface area contributed by atoms with Gasteiger partial charge in [-0.25, -0.2) is 4.39 Å². The van der Waals surface area contributed by atoms with Crippen LogP contribution in [-0.2, 0) is 4.79 Å². The highest BCUT2D eigenvalue weighted by atomic mass is 19.1. The van der Waals surface area contributed by atoms with Crippen molar-refractivity contribution < 1.29 is 9.18 Å². The summed E-state index contributed by atoms with van der Waals surface area (Å²) in [5.74, 6) is -0.266. The Hall–Kier alpha value is -1.44. The molecule has 0 heterocycles. The molecule has 12 heavy (non-hydrogen) atoms. The van der Waals surface area contributed by atoms with Gasteiger partial charge in [0.15, 0.2) is 0 Å². The fourth-order valence-corrected chi connectivity index (χ4v) is 0.911. The first-order valence-electron chi connectivity index (χ1n) is 3.62. The van der Waals surface area contributed by atoms with E-state index in [1.54, 1.807) is 12.1 Å². The molecule has 0 aliphatic heterocycles. The van der Waals surface area contributed by atoms with E-state index in [2.05, 4.69) is 0 Å². The van der Waals surface area contributed by atoms with Gasteiger partial charge in [0.25, 0.3) is 0 Å². The standard InChI is InChI=1S/C10H9FO/c1-8(6-7-12)9-2-4-10(11)5-3-9/h2-7H,1H3/b8-6-. The van der Waals surface area contributed by atoms with Crippen LogP contribution in [0.1, 0.15) is 12.5 Å². The Morgan fingerprint density at radius 1 is 1.33 bits per heavy atom. The third kappa shape index (κ3) is 2.02. The third-order valence-electron chi connectivity index (χ3n) is 1.62. The number of aldehydes is 1. The van der Waals surface area contributed by atoms with Crippen molar-refractivity contribution in [1.82, 2.24) is 0 Å². The summed E-state index contributed by atoms with van der Waals surface area (Å²) in [5, 5.41) is 0. The molecule has 0 N–H and O–H groups in total. The molecule has 0 amide bonds. The van der Waals surface area contributed by atoms with Crippen LogP contribution < -0.4 is 0 Å². The summed E-state index contributed by atoms with van der Waals surface area (Å²) in [6, 6.07) is 6.03. The molecule has 0 saturated heterocycles. The summed E-state index contributed by atoms with van der Waals surface area (Å²) in [4.78, 5) is 10.1. The molecule has 1 aromatic carbocycles. The monoisotopic (exact) mass is 164 g/mol. The van der Waals surface area contributed by atoms with Crippen LogP contribution >= 0.6 is 0 Å². The number of halogens is 1. The Morgan fingerprint density at radius 2 is 1.92 bits per heavy atom. The quantitative estimate of drug-likeness (QED) is 0.484. The molecule has 0 aliphatic carbocycles. The van der Waals surface area contributed by atoms with E-state index in [-0.39, 0.29) is 5.82 Å². The zero-order chi connectivity index (χ0) is 8.97. The molecule has 1 nitrogen and oxygen atoms in total. The van der Waals surface area contributed by atoms with Gasteiger partial charge in [-0.05, 0) is 36.3 Å². The summed E-state index contributed by atoms with van der Waals surface area (Å²) in [5.41, 5.74) is 1.70. The van der Waals surface area contributed by atoms with Crippen molar-refractivity contribution in [1.29, 1.82) is 0 Å². The lowest BCUT2D eigenvalue weighted by molar-refractivity contribution is -0.104. The van der Waals surface area contributed by atoms with Gasteiger partial charge in [-0.15, -0.1) is 0 Å². The Labute approximate surface area is 70.5 Å². The van der Waals surface area contributed by atoms with Gasteiger partial charge in [-0.2, -0.15) is 0 Å². The summed E-state index contributed by atoms with van der Waals surface area (Å²) in [7, 11) is 0. The molecule has 0 radical (unpaired) electrons. The molecule has 0 bridgehead atoms. The number of allylic oxidation sites excluding steroid dienone is 2. The number of hydrogen-bond acceptors (Lipinski definition) is 1. The number of hydrogen-bond donors (Lipinski definition) is 0. The van der Waals surface area contributed by atoms with Crippen molar-refractivity contribution in [2.24, 2.45) is 0 Å². The van der Waals surface area contributed by atoms with Crippen LogP contribution in [0, 0.1) is 5.82 Å². The van der Waals surface area contributed by atoms with E-state index in [1.165, 1.54) is 18.2 Å². The molecule has 0 atom stereocenters. The smallest absolute Gasteiger partial charge is 0.143 e. The normalized spacial score (nSPS) is 11.3. The predicted molar refractivity (Wildman–Crippen MR) is 46.1 cm³/mol. The summed E-state index contributed by atoms with van der Waals surface area (Å²) < 4.78 is 12.4. The maximum Gasteiger partial charge on any atom is 0.143 e. The van der Waals surface area contributed by atoms with Gasteiger partial charge in [-0.3, -0.25) is 4.79 Å². The van der Waals surface area contributed by atoms with Crippen LogP contribution in [0.5, 0.6) is 0 Å². The average Bonchev–Trinajstić information content (AvgIpc) is 2.06. The second kappa shape index (κ2) is 3.81. The molecule has 0 saturated carbocycles. The van der Waals surface area contributed by atoms with E-state index < -0.39 is 0 Å². The summed E-state index contributed by atoms with van der Waals surface area (Å²) >= 11 is 0. The molecule has 0 spiro atoms. The van der Waals surface area contributed by atoms with Crippen molar-refractivity contribution in [3.63, 3.8) is 0 Å². The minimum Gasteiger partial charge on any atom is -0.299 e. The van der Waals surface area contributed by atoms with Crippen molar-refractivity contribution in [3.05, 3.63) is 41.7 Å². The fraction of sp³-hybridized carbons (Fsp3) is 0.100. The first-order valence-corrected chi connectivity index (χ1v) is 3.62. The van der Waals surface area contributed by atoms with Gasteiger partial charge < -0.3 is 0 Å². The highest BCUT2D eigenvalue weighted by molar-refractivity contribution is 5.80. The van der Waals surface area contributed by atoms with Gasteiger partial charge in [0, 0.05) is 0 Å². The molecule has 0 fully saturated rings. The van der Waals surface area contributed by atoms with Crippen LogP contribution in [0.4, 0.5) is 4.39 Å². The highest BCUT2D eigenvalue weighted by Gasteiger charge is 1.94. The maximum atomic E-state index is 12.4. The number of carbonyl (C=O) groups excluding carboxylic acids is 1. The van der Waals surface area contributed by atoms with Crippen LogP contribution in [0.2, 0.25) is 0 Å². The van der Waals surface area contributed by atoms with E-state index in [1.807, 2.05) is 6.92 Å². The molecule has 0 unspecified atom stereocenters. The van der Waals surface area contributed by atoms with Crippen molar-refractivity contribution >= 4 is 11.9 Å². The Balaban J connectivity index is 2.97. The highest BCUT2D eigenvalue weighted by Crippen LogP contribution is 2.12. The first kappa shape index (κ1) is 8.65. The van der Waals surface area contributed by atoms with E-state index in [4.69, 9.17) is 0 Å². The van der Waals surface area contributed by atoms with E-state index in [9.17, 15) is 9.18 Å². The Kier molecular flexibility index (Phi) is 2.75. The summed E-state index contributed by atoms with van der Waals surface area (Å²) in [6.45, 7) is 1.81. The molecule has 2 heteroatoms. The molecule has 1 rings (SSSR count). The van der Waals surface area contributed by atoms with E-state index >= 15 is 0 Å². The molecular weight excluding hydrogens is 155 g/mol. The number of rotatable bonds is 2. The van der Waals surface area contributed by atoms with E-state index in [0.717, 1.165) is 17.4 Å². The lowest BCUT2D eigenvalue weighted by Gasteiger charge is -1.98. The molecular formula is C10H9FO. The van der Waals surface area contributed by atoms with Gasteiger partial charge in [0.2, 0.25) is 0 Å². The van der Waals surface area contributed by atoms with Crippen molar-refractivity contribution in [2.45, 2.75) is 6.92 Å². The van der Waals surface area contributed by atoms with Crippen molar-refractivity contribution in [2.75, 3.05) is 0 Å². The van der Waals surface area contributed by atoms with Gasteiger partial charge >= 0.3 is 0 Å². The van der Waals surface area contributed by atoms with E-state index in [0.29, 0.717) is 0 Å². The molecule has 0 aliphatic rings. The minimum absolute atomic E-state index is 0.266. The minimum atomic E-state index is -0.266. The lowest BCUT2D eigenvalue weighted by atomic mass is 10.1. The first-order chi connectivity index (χ1) is 5.74. The molecule has 1 aromatic rings. The largest absolute Gasteiger partial charge is 0.299 e. The molecule has 62 valence electrons. The van der Waals surface area contributed by atoms with Crippen molar-refractivity contribution in [3.8, 4) is 0 Å². The lowest BCUT2D eigenvalue weighted by Crippen LogP contribution is -1.80. The number of benzene rings is 1. The second-order valence-corrected chi connectivity index (χ2v) is 2.49. The SMILES string of the molecule is C/C(=C/C=O)c1ccc(F)cc1. The fourth-order valence-electron chi connectivity index (χ4n) is 0.911. The van der Waals surface area contributed by atoms with Gasteiger partial charge in [-0.1, -0.05) is 12.1 Å². The predicted octanol–water partition coefficient (Wildman–Crippen LogP) is 2.43. The Morgan fingerprint density at radius 3 is 2.42 bits per heavy atom. The third-order valence-corrected chi connectivity index (χ3v) is 1.62. The van der Waals surface area contributed by atoms with Crippen LogP contribution in [0.15, 0.2) is 30.3 Å². The zero-order valence-electron chi connectivity index (χ0n) is 6.75. The topological polar surface area (TPSA) is 17.1 Å². The van der Waals surface area contributed by atoms with Crippen LogP contribution in [0.3, 0.4) is 0 Å². The average molecular weight is 164 g/mol. The maximum absolute atomic E-state index is 12.4. The zero-order valence-corrected chi connectivity index (χ0v) is 6.75. The Bertz CT molecular complexity index is 298.